The third-order valence-electron chi connectivity index (χ3n) is 8.26. The fourth-order valence-corrected chi connectivity index (χ4v) is 5.73. The SMILES string of the molecule is CCCCCCN(C(=O)C(Cc1ccc(O)cc1)NC(=O)OC(C)(C)C)C(C(=O)NC1CCCCC1)c1ccc(C)c(C)c1. The summed E-state index contributed by atoms with van der Waals surface area (Å²) in [5.41, 5.74) is 2.92. The molecule has 2 aromatic rings. The van der Waals surface area contributed by atoms with E-state index in [0.29, 0.717) is 6.54 Å². The molecule has 3 N–H and O–H groups in total. The highest BCUT2D eigenvalue weighted by atomic mass is 16.6. The van der Waals surface area contributed by atoms with Crippen LogP contribution in [0.4, 0.5) is 4.79 Å². The summed E-state index contributed by atoms with van der Waals surface area (Å²) in [4.78, 5) is 43.6. The summed E-state index contributed by atoms with van der Waals surface area (Å²) in [6, 6.07) is 10.8. The zero-order valence-corrected chi connectivity index (χ0v) is 27.6. The van der Waals surface area contributed by atoms with Crippen LogP contribution in [-0.4, -0.2) is 52.1 Å². The highest BCUT2D eigenvalue weighted by Gasteiger charge is 2.37. The molecule has 242 valence electrons. The minimum Gasteiger partial charge on any atom is -0.508 e. The molecule has 1 saturated carbocycles. The van der Waals surface area contributed by atoms with E-state index in [-0.39, 0.29) is 30.0 Å². The second kappa shape index (κ2) is 16.5. The molecule has 2 atom stereocenters. The van der Waals surface area contributed by atoms with E-state index < -0.39 is 23.8 Å². The summed E-state index contributed by atoms with van der Waals surface area (Å²) in [5.74, 6) is -0.421. The van der Waals surface area contributed by atoms with Gasteiger partial charge in [-0.1, -0.05) is 75.8 Å². The van der Waals surface area contributed by atoms with Crippen molar-refractivity contribution in [1.82, 2.24) is 15.5 Å². The number of alkyl carbamates (subject to hydrolysis) is 1. The van der Waals surface area contributed by atoms with Crippen molar-refractivity contribution in [2.45, 2.75) is 129 Å². The number of amides is 3. The number of rotatable bonds is 13. The minimum absolute atomic E-state index is 0.0787. The molecule has 1 fully saturated rings. The van der Waals surface area contributed by atoms with Crippen LogP contribution in [0.1, 0.15) is 114 Å². The summed E-state index contributed by atoms with van der Waals surface area (Å²) in [5, 5.41) is 15.9. The first-order valence-corrected chi connectivity index (χ1v) is 16.3. The molecule has 3 amide bonds. The number of nitrogens with zero attached hydrogens (tertiary/aromatic N) is 1. The molecule has 2 aromatic carbocycles. The Morgan fingerprint density at radius 3 is 2.25 bits per heavy atom. The summed E-state index contributed by atoms with van der Waals surface area (Å²) in [6.07, 6.45) is 8.38. The molecule has 1 aliphatic rings. The minimum atomic E-state index is -0.989. The van der Waals surface area contributed by atoms with Crippen molar-refractivity contribution < 1.29 is 24.2 Å². The Kier molecular flexibility index (Phi) is 13.1. The Labute approximate surface area is 263 Å². The molecule has 1 aliphatic carbocycles. The Hall–Kier alpha value is -3.55. The summed E-state index contributed by atoms with van der Waals surface area (Å²) >= 11 is 0. The second-order valence-corrected chi connectivity index (χ2v) is 13.3. The molecular formula is C36H53N3O5. The Balaban J connectivity index is 2.05. The Bertz CT molecular complexity index is 1230. The molecular weight excluding hydrogens is 554 g/mol. The number of benzene rings is 2. The summed E-state index contributed by atoms with van der Waals surface area (Å²) in [6.45, 7) is 11.9. The summed E-state index contributed by atoms with van der Waals surface area (Å²) < 4.78 is 5.55. The van der Waals surface area contributed by atoms with Crippen LogP contribution in [-0.2, 0) is 20.7 Å². The van der Waals surface area contributed by atoms with Gasteiger partial charge in [0.15, 0.2) is 0 Å². The lowest BCUT2D eigenvalue weighted by molar-refractivity contribution is -0.143. The van der Waals surface area contributed by atoms with Crippen molar-refractivity contribution in [3.05, 3.63) is 64.7 Å². The fraction of sp³-hybridized carbons (Fsp3) is 0.583. The molecule has 8 heteroatoms. The van der Waals surface area contributed by atoms with Gasteiger partial charge in [-0.05, 0) is 88.3 Å². The van der Waals surface area contributed by atoms with E-state index in [1.807, 2.05) is 32.0 Å². The molecule has 44 heavy (non-hydrogen) atoms. The van der Waals surface area contributed by atoms with Gasteiger partial charge in [0.1, 0.15) is 23.4 Å². The molecule has 0 bridgehead atoms. The predicted molar refractivity (Wildman–Crippen MR) is 174 cm³/mol. The van der Waals surface area contributed by atoms with Crippen LogP contribution in [0.25, 0.3) is 0 Å². The van der Waals surface area contributed by atoms with E-state index in [2.05, 4.69) is 17.6 Å². The van der Waals surface area contributed by atoms with Crippen LogP contribution in [0, 0.1) is 13.8 Å². The van der Waals surface area contributed by atoms with E-state index in [9.17, 15) is 19.5 Å². The molecule has 3 rings (SSSR count). The van der Waals surface area contributed by atoms with Crippen LogP contribution in [0.3, 0.4) is 0 Å². The van der Waals surface area contributed by atoms with Crippen LogP contribution in [0.2, 0.25) is 0 Å². The normalized spacial score (nSPS) is 15.2. The lowest BCUT2D eigenvalue weighted by atomic mass is 9.93. The molecule has 0 radical (unpaired) electrons. The first-order chi connectivity index (χ1) is 20.9. The third-order valence-corrected chi connectivity index (χ3v) is 8.26. The molecule has 0 aromatic heterocycles. The van der Waals surface area contributed by atoms with Crippen molar-refractivity contribution in [2.75, 3.05) is 6.54 Å². The fourth-order valence-electron chi connectivity index (χ4n) is 5.73. The van der Waals surface area contributed by atoms with Crippen LogP contribution in [0.15, 0.2) is 42.5 Å². The monoisotopic (exact) mass is 607 g/mol. The number of aryl methyl sites for hydroxylation is 2. The maximum absolute atomic E-state index is 14.7. The number of phenols is 1. The zero-order valence-electron chi connectivity index (χ0n) is 27.6. The highest BCUT2D eigenvalue weighted by molar-refractivity contribution is 5.92. The van der Waals surface area contributed by atoms with E-state index in [1.54, 1.807) is 49.9 Å². The highest BCUT2D eigenvalue weighted by Crippen LogP contribution is 2.28. The maximum Gasteiger partial charge on any atom is 0.408 e. The number of aromatic hydroxyl groups is 1. The lowest BCUT2D eigenvalue weighted by Crippen LogP contribution is -2.54. The zero-order chi connectivity index (χ0) is 32.3. The number of ether oxygens (including phenoxy) is 1. The number of hydrogen-bond donors (Lipinski definition) is 3. The van der Waals surface area contributed by atoms with Crippen LogP contribution >= 0.6 is 0 Å². The van der Waals surface area contributed by atoms with Gasteiger partial charge in [-0.15, -0.1) is 0 Å². The summed E-state index contributed by atoms with van der Waals surface area (Å²) in [7, 11) is 0. The first-order valence-electron chi connectivity index (χ1n) is 16.3. The Morgan fingerprint density at radius 1 is 0.955 bits per heavy atom. The van der Waals surface area contributed by atoms with Crippen molar-refractivity contribution in [3.63, 3.8) is 0 Å². The van der Waals surface area contributed by atoms with Crippen LogP contribution < -0.4 is 10.6 Å². The van der Waals surface area contributed by atoms with Gasteiger partial charge in [-0.2, -0.15) is 0 Å². The van der Waals surface area contributed by atoms with Crippen molar-refractivity contribution in [1.29, 1.82) is 0 Å². The van der Waals surface area contributed by atoms with Gasteiger partial charge in [0.2, 0.25) is 11.8 Å². The van der Waals surface area contributed by atoms with E-state index >= 15 is 0 Å². The van der Waals surface area contributed by atoms with E-state index in [0.717, 1.165) is 73.6 Å². The number of phenolic OH excluding ortho intramolecular Hbond substituents is 1. The van der Waals surface area contributed by atoms with Gasteiger partial charge >= 0.3 is 6.09 Å². The predicted octanol–water partition coefficient (Wildman–Crippen LogP) is 7.04. The third kappa shape index (κ3) is 10.9. The quantitative estimate of drug-likeness (QED) is 0.212. The molecule has 0 spiro atoms. The number of nitrogens with one attached hydrogen (secondary N) is 2. The first kappa shape index (κ1) is 34.9. The number of carbonyl (C=O) groups excluding carboxylic acids is 3. The van der Waals surface area contributed by atoms with E-state index in [4.69, 9.17) is 4.74 Å². The standard InChI is InChI=1S/C36H53N3O5/c1-7-8-9-13-22-39(32(28-19-16-25(2)26(3)23-28)33(41)37-29-14-11-10-12-15-29)34(42)31(38-35(43)44-36(4,5)6)24-27-17-20-30(40)21-18-27/h16-21,23,29,31-32,40H,7-15,22,24H2,1-6H3,(H,37,41)(H,38,43). The van der Waals surface area contributed by atoms with Crippen molar-refractivity contribution >= 4 is 17.9 Å². The largest absolute Gasteiger partial charge is 0.508 e. The number of carbonyl (C=O) groups is 3. The maximum atomic E-state index is 14.7. The van der Waals surface area contributed by atoms with Crippen molar-refractivity contribution in [2.24, 2.45) is 0 Å². The van der Waals surface area contributed by atoms with Gasteiger partial charge in [-0.3, -0.25) is 9.59 Å². The molecule has 0 saturated heterocycles. The average molecular weight is 608 g/mol. The van der Waals surface area contributed by atoms with Gasteiger partial charge in [-0.25, -0.2) is 4.79 Å². The molecule has 0 aliphatic heterocycles. The molecule has 0 heterocycles. The number of hydrogen-bond acceptors (Lipinski definition) is 5. The van der Waals surface area contributed by atoms with Crippen molar-refractivity contribution in [3.8, 4) is 5.75 Å². The average Bonchev–Trinajstić information content (AvgIpc) is 2.96. The molecule has 2 unspecified atom stereocenters. The molecule has 8 nitrogen and oxygen atoms in total. The van der Waals surface area contributed by atoms with Gasteiger partial charge < -0.3 is 25.4 Å². The van der Waals surface area contributed by atoms with Crippen LogP contribution in [0.5, 0.6) is 5.75 Å². The number of unbranched alkanes of at least 4 members (excludes halogenated alkanes) is 3. The Morgan fingerprint density at radius 2 is 1.64 bits per heavy atom. The topological polar surface area (TPSA) is 108 Å². The smallest absolute Gasteiger partial charge is 0.408 e. The lowest BCUT2D eigenvalue weighted by Gasteiger charge is -2.36. The van der Waals surface area contributed by atoms with Gasteiger partial charge in [0.25, 0.3) is 0 Å². The van der Waals surface area contributed by atoms with Gasteiger partial charge in [0, 0.05) is 19.0 Å². The second-order valence-electron chi connectivity index (χ2n) is 13.3. The van der Waals surface area contributed by atoms with Gasteiger partial charge in [0.05, 0.1) is 0 Å². The van der Waals surface area contributed by atoms with E-state index in [1.165, 1.54) is 6.42 Å².